The Kier molecular flexibility index (Phi) is 6.26. The van der Waals surface area contributed by atoms with E-state index in [1.807, 2.05) is 58.1 Å². The Morgan fingerprint density at radius 2 is 1.94 bits per heavy atom. The van der Waals surface area contributed by atoms with Crippen LogP contribution in [0.2, 0.25) is 0 Å². The number of carbonyl (C=O) groups excluding carboxylic acids is 1. The number of imidazole rings is 1. The molecule has 33 heavy (non-hydrogen) atoms. The molecule has 8 heteroatoms. The molecule has 1 amide bonds. The van der Waals surface area contributed by atoms with Crippen molar-refractivity contribution < 1.29 is 14.3 Å². The third kappa shape index (κ3) is 4.57. The molecule has 0 saturated carbocycles. The highest BCUT2D eigenvalue weighted by molar-refractivity contribution is 7.08. The minimum atomic E-state index is 0.195. The number of nitrogens with zero attached hydrogens (tertiary/aromatic N) is 4. The predicted octanol–water partition coefficient (Wildman–Crippen LogP) is 4.49. The molecule has 3 aromatic heterocycles. The summed E-state index contributed by atoms with van der Waals surface area (Å²) >= 11 is 1.63. The summed E-state index contributed by atoms with van der Waals surface area (Å²) in [6.07, 6.45) is 3.99. The van der Waals surface area contributed by atoms with Crippen LogP contribution in [0, 0.1) is 0 Å². The molecule has 5 rings (SSSR count). The highest BCUT2D eigenvalue weighted by Gasteiger charge is 2.27. The van der Waals surface area contributed by atoms with Gasteiger partial charge in [-0.3, -0.25) is 4.79 Å². The third-order valence-electron chi connectivity index (χ3n) is 6.07. The van der Waals surface area contributed by atoms with Crippen LogP contribution in [0.4, 0.5) is 0 Å². The molecule has 1 fully saturated rings. The minimum Gasteiger partial charge on any atom is -0.493 e. The average Bonchev–Trinajstić information content (AvgIpc) is 3.50. The van der Waals surface area contributed by atoms with Crippen molar-refractivity contribution in [2.75, 3.05) is 20.2 Å². The number of piperidine rings is 1. The molecule has 7 nitrogen and oxygen atoms in total. The van der Waals surface area contributed by atoms with Gasteiger partial charge in [0.25, 0.3) is 0 Å². The number of para-hydroxylation sites is 2. The van der Waals surface area contributed by atoms with Crippen molar-refractivity contribution >= 4 is 28.4 Å². The molecule has 0 N–H and O–H groups in total. The van der Waals surface area contributed by atoms with Gasteiger partial charge in [0.05, 0.1) is 13.5 Å². The monoisotopic (exact) mass is 462 g/mol. The zero-order chi connectivity index (χ0) is 22.6. The first-order valence-electron chi connectivity index (χ1n) is 11.1. The summed E-state index contributed by atoms with van der Waals surface area (Å²) in [5.41, 5.74) is 2.80. The van der Waals surface area contributed by atoms with Crippen molar-refractivity contribution in [1.82, 2.24) is 19.4 Å². The number of hydrogen-bond acceptors (Lipinski definition) is 6. The third-order valence-corrected chi connectivity index (χ3v) is 6.80. The van der Waals surface area contributed by atoms with Crippen LogP contribution in [-0.2, 0) is 17.8 Å². The van der Waals surface area contributed by atoms with E-state index in [4.69, 9.17) is 14.5 Å². The molecule has 4 heterocycles. The Balaban J connectivity index is 1.33. The summed E-state index contributed by atoms with van der Waals surface area (Å²) in [5, 5.41) is 4.06. The molecule has 1 aromatic carbocycles. The molecule has 1 saturated heterocycles. The van der Waals surface area contributed by atoms with Gasteiger partial charge in [0.2, 0.25) is 5.91 Å². The number of carbonyl (C=O) groups is 1. The van der Waals surface area contributed by atoms with Crippen molar-refractivity contribution in [3.8, 4) is 11.5 Å². The fourth-order valence-corrected chi connectivity index (χ4v) is 5.06. The Hall–Kier alpha value is -3.39. The van der Waals surface area contributed by atoms with E-state index in [1.54, 1.807) is 24.6 Å². The summed E-state index contributed by atoms with van der Waals surface area (Å²) in [6, 6.07) is 13.7. The van der Waals surface area contributed by atoms with E-state index in [9.17, 15) is 4.79 Å². The Morgan fingerprint density at radius 1 is 1.12 bits per heavy atom. The van der Waals surface area contributed by atoms with Crippen LogP contribution in [0.25, 0.3) is 11.2 Å². The molecule has 0 atom stereocenters. The van der Waals surface area contributed by atoms with Crippen molar-refractivity contribution in [3.63, 3.8) is 0 Å². The van der Waals surface area contributed by atoms with Crippen molar-refractivity contribution in [2.24, 2.45) is 0 Å². The van der Waals surface area contributed by atoms with E-state index < -0.39 is 0 Å². The molecule has 0 bridgehead atoms. The lowest BCUT2D eigenvalue weighted by Gasteiger charge is -2.33. The summed E-state index contributed by atoms with van der Waals surface area (Å²) in [4.78, 5) is 24.1. The molecule has 0 aliphatic carbocycles. The molecular formula is C25H26N4O3S. The Bertz CT molecular complexity index is 1230. The lowest BCUT2D eigenvalue weighted by atomic mass is 10.0. The van der Waals surface area contributed by atoms with Gasteiger partial charge < -0.3 is 18.9 Å². The summed E-state index contributed by atoms with van der Waals surface area (Å²) in [5.74, 6) is 2.40. The fraction of sp³-hybridized carbons (Fsp3) is 0.320. The van der Waals surface area contributed by atoms with Gasteiger partial charge in [-0.1, -0.05) is 12.1 Å². The minimum absolute atomic E-state index is 0.195. The standard InChI is InChI=1S/C25H26N4O3S/c1-31-21-6-2-3-7-22(21)32-16-23-27-20-5-4-11-26-25(20)29(23)19-8-12-28(13-9-19)24(30)15-18-10-14-33-17-18/h2-7,10-11,14,17,19H,8-9,12-13,15-16H2,1H3. The number of fused-ring (bicyclic) bond motifs is 1. The highest BCUT2D eigenvalue weighted by Crippen LogP contribution is 2.31. The number of benzene rings is 1. The van der Waals surface area contributed by atoms with Gasteiger partial charge in [-0.05, 0) is 59.5 Å². The normalized spacial score (nSPS) is 14.5. The molecular weight excluding hydrogens is 436 g/mol. The van der Waals surface area contributed by atoms with E-state index in [-0.39, 0.29) is 11.9 Å². The van der Waals surface area contributed by atoms with Crippen LogP contribution >= 0.6 is 11.3 Å². The van der Waals surface area contributed by atoms with E-state index in [1.165, 1.54) is 0 Å². The molecule has 4 aromatic rings. The number of rotatable bonds is 7. The second kappa shape index (κ2) is 9.62. The van der Waals surface area contributed by atoms with Crippen molar-refractivity contribution in [3.05, 3.63) is 70.8 Å². The van der Waals surface area contributed by atoms with Crippen molar-refractivity contribution in [2.45, 2.75) is 31.9 Å². The molecule has 1 aliphatic heterocycles. The lowest BCUT2D eigenvalue weighted by Crippen LogP contribution is -2.40. The number of ether oxygens (including phenoxy) is 2. The van der Waals surface area contributed by atoms with E-state index in [0.717, 1.165) is 48.5 Å². The SMILES string of the molecule is COc1ccccc1OCc1nc2cccnc2n1C1CCN(C(=O)Cc2ccsc2)CC1. The largest absolute Gasteiger partial charge is 0.493 e. The first-order valence-corrected chi connectivity index (χ1v) is 12.0. The predicted molar refractivity (Wildman–Crippen MR) is 128 cm³/mol. The maximum absolute atomic E-state index is 12.7. The Labute approximate surface area is 196 Å². The molecule has 170 valence electrons. The Morgan fingerprint density at radius 3 is 2.70 bits per heavy atom. The smallest absolute Gasteiger partial charge is 0.227 e. The van der Waals surface area contributed by atoms with Gasteiger partial charge >= 0.3 is 0 Å². The number of aromatic nitrogens is 3. The van der Waals surface area contributed by atoms with Gasteiger partial charge in [-0.15, -0.1) is 0 Å². The zero-order valence-electron chi connectivity index (χ0n) is 18.5. The number of methoxy groups -OCH3 is 1. The van der Waals surface area contributed by atoms with E-state index >= 15 is 0 Å². The lowest BCUT2D eigenvalue weighted by molar-refractivity contribution is -0.131. The van der Waals surface area contributed by atoms with Gasteiger partial charge in [0.1, 0.15) is 17.9 Å². The molecule has 0 unspecified atom stereocenters. The van der Waals surface area contributed by atoms with Crippen molar-refractivity contribution in [1.29, 1.82) is 0 Å². The molecule has 1 aliphatic rings. The van der Waals surface area contributed by atoms with Crippen LogP contribution in [0.15, 0.2) is 59.4 Å². The second-order valence-electron chi connectivity index (χ2n) is 8.10. The number of amides is 1. The van der Waals surface area contributed by atoms with E-state index in [0.29, 0.717) is 24.5 Å². The molecule has 0 spiro atoms. The number of hydrogen-bond donors (Lipinski definition) is 0. The maximum Gasteiger partial charge on any atom is 0.227 e. The zero-order valence-corrected chi connectivity index (χ0v) is 19.3. The van der Waals surface area contributed by atoms with Crippen LogP contribution in [0.5, 0.6) is 11.5 Å². The summed E-state index contributed by atoms with van der Waals surface area (Å²) in [6.45, 7) is 1.77. The number of pyridine rings is 1. The average molecular weight is 463 g/mol. The maximum atomic E-state index is 12.7. The first-order chi connectivity index (χ1) is 16.2. The van der Waals surface area contributed by atoms with Crippen LogP contribution < -0.4 is 9.47 Å². The topological polar surface area (TPSA) is 69.5 Å². The second-order valence-corrected chi connectivity index (χ2v) is 8.88. The van der Waals surface area contributed by atoms with Crippen LogP contribution in [0.1, 0.15) is 30.3 Å². The first kappa shape index (κ1) is 21.5. The van der Waals surface area contributed by atoms with E-state index in [2.05, 4.69) is 9.55 Å². The fourth-order valence-electron chi connectivity index (χ4n) is 4.40. The number of thiophene rings is 1. The summed E-state index contributed by atoms with van der Waals surface area (Å²) in [7, 11) is 1.63. The van der Waals surface area contributed by atoms with Gasteiger partial charge in [-0.25, -0.2) is 9.97 Å². The highest BCUT2D eigenvalue weighted by atomic mass is 32.1. The van der Waals surface area contributed by atoms with Crippen LogP contribution in [0.3, 0.4) is 0 Å². The number of likely N-dealkylation sites (tertiary alicyclic amines) is 1. The van der Waals surface area contributed by atoms with Gasteiger partial charge in [0.15, 0.2) is 17.1 Å². The van der Waals surface area contributed by atoms with Gasteiger partial charge in [0, 0.05) is 25.3 Å². The summed E-state index contributed by atoms with van der Waals surface area (Å²) < 4.78 is 13.7. The quantitative estimate of drug-likeness (QED) is 0.405. The molecule has 0 radical (unpaired) electrons. The van der Waals surface area contributed by atoms with Crippen LogP contribution in [-0.4, -0.2) is 45.5 Å². The van der Waals surface area contributed by atoms with Gasteiger partial charge in [-0.2, -0.15) is 11.3 Å².